The van der Waals surface area contributed by atoms with Gasteiger partial charge in [0, 0.05) is 13.5 Å². The highest BCUT2D eigenvalue weighted by Crippen LogP contribution is 2.10. The average Bonchev–Trinajstić information content (AvgIpc) is 3.13. The summed E-state index contributed by atoms with van der Waals surface area (Å²) in [6.45, 7) is 5.07. The maximum Gasteiger partial charge on any atom is 0.280 e. The van der Waals surface area contributed by atoms with Crippen molar-refractivity contribution in [3.8, 4) is 0 Å². The molecule has 10 nitrogen and oxygen atoms in total. The zero-order valence-electron chi connectivity index (χ0n) is 17.0. The van der Waals surface area contributed by atoms with Crippen molar-refractivity contribution in [2.24, 2.45) is 0 Å². The van der Waals surface area contributed by atoms with Gasteiger partial charge in [-0.15, -0.1) is 0 Å². The number of nitrogens with one attached hydrogen (secondary N) is 2. The summed E-state index contributed by atoms with van der Waals surface area (Å²) >= 11 is 0. The molecule has 0 fully saturated rings. The first-order valence-corrected chi connectivity index (χ1v) is 9.60. The maximum absolute atomic E-state index is 12.1. The Morgan fingerprint density at radius 3 is 2.73 bits per heavy atom. The number of carbonyl (C=O) groups is 1. The van der Waals surface area contributed by atoms with E-state index in [1.165, 1.54) is 13.3 Å². The van der Waals surface area contributed by atoms with Crippen molar-refractivity contribution in [1.29, 1.82) is 0 Å². The highest BCUT2D eigenvalue weighted by Gasteiger charge is 2.14. The van der Waals surface area contributed by atoms with Crippen LogP contribution in [0, 0.1) is 0 Å². The minimum atomic E-state index is -0.445. The number of fused-ring (bicyclic) bond motifs is 1. The van der Waals surface area contributed by atoms with E-state index < -0.39 is 5.56 Å². The Kier molecular flexibility index (Phi) is 7.66. The molecule has 160 valence electrons. The molecule has 1 aromatic carbocycles. The molecule has 0 aliphatic heterocycles. The van der Waals surface area contributed by atoms with Crippen LogP contribution in [0.1, 0.15) is 19.4 Å². The second-order valence-corrected chi connectivity index (χ2v) is 6.56. The van der Waals surface area contributed by atoms with Crippen LogP contribution in [-0.4, -0.2) is 51.4 Å². The molecular formula is C20H25N5O5. The second kappa shape index (κ2) is 10.6. The summed E-state index contributed by atoms with van der Waals surface area (Å²) in [5, 5.41) is 2.46. The first-order chi connectivity index (χ1) is 14.6. The molecule has 0 bridgehead atoms. The lowest BCUT2D eigenvalue weighted by molar-refractivity contribution is -0.114. The van der Waals surface area contributed by atoms with Gasteiger partial charge in [0.2, 0.25) is 11.9 Å². The van der Waals surface area contributed by atoms with Crippen LogP contribution in [0.3, 0.4) is 0 Å². The summed E-state index contributed by atoms with van der Waals surface area (Å²) in [4.78, 5) is 34.2. The number of hydrogen-bond acceptors (Lipinski definition) is 7. The Balaban J connectivity index is 1.65. The summed E-state index contributed by atoms with van der Waals surface area (Å²) in [5.41, 5.74) is 1.10. The van der Waals surface area contributed by atoms with Gasteiger partial charge in [-0.05, 0) is 12.5 Å². The van der Waals surface area contributed by atoms with Gasteiger partial charge in [-0.1, -0.05) is 30.3 Å². The Morgan fingerprint density at radius 1 is 1.23 bits per heavy atom. The van der Waals surface area contributed by atoms with Gasteiger partial charge in [0.15, 0.2) is 11.2 Å². The summed E-state index contributed by atoms with van der Waals surface area (Å²) in [6, 6.07) is 9.86. The number of nitrogens with zero attached hydrogens (tertiary/aromatic N) is 3. The number of aromatic amines is 1. The van der Waals surface area contributed by atoms with Gasteiger partial charge in [0.25, 0.3) is 5.56 Å². The highest BCUT2D eigenvalue weighted by molar-refractivity contribution is 5.87. The standard InChI is InChI=1S/C20H25N5O5/c1-3-28-10-16(11-29-9-15-7-5-4-6-8-15)30-13-25-12-21-17-18(25)23-20(22-14(2)26)24-19(17)27/h4-8,12,16H,3,9-11,13H2,1-2H3,(H2,22,23,24,26,27). The summed E-state index contributed by atoms with van der Waals surface area (Å²) in [7, 11) is 0. The van der Waals surface area contributed by atoms with E-state index in [-0.39, 0.29) is 30.2 Å². The van der Waals surface area contributed by atoms with Crippen LogP contribution in [0.25, 0.3) is 11.2 Å². The van der Waals surface area contributed by atoms with Crippen molar-refractivity contribution in [3.05, 3.63) is 52.6 Å². The molecule has 30 heavy (non-hydrogen) atoms. The number of anilines is 1. The van der Waals surface area contributed by atoms with Gasteiger partial charge in [-0.25, -0.2) is 4.98 Å². The smallest absolute Gasteiger partial charge is 0.280 e. The van der Waals surface area contributed by atoms with E-state index in [1.807, 2.05) is 37.3 Å². The predicted octanol–water partition coefficient (Wildman–Crippen LogP) is 1.67. The van der Waals surface area contributed by atoms with E-state index in [1.54, 1.807) is 4.57 Å². The van der Waals surface area contributed by atoms with Gasteiger partial charge in [-0.2, -0.15) is 4.98 Å². The number of rotatable bonds is 11. The highest BCUT2D eigenvalue weighted by atomic mass is 16.6. The number of imidazole rings is 1. The van der Waals surface area contributed by atoms with Gasteiger partial charge in [0.1, 0.15) is 12.8 Å². The molecule has 3 rings (SSSR count). The van der Waals surface area contributed by atoms with Crippen molar-refractivity contribution in [3.63, 3.8) is 0 Å². The van der Waals surface area contributed by atoms with Gasteiger partial charge in [-0.3, -0.25) is 24.5 Å². The molecule has 0 spiro atoms. The molecule has 2 N–H and O–H groups in total. The van der Waals surface area contributed by atoms with E-state index in [0.717, 1.165) is 5.56 Å². The van der Waals surface area contributed by atoms with E-state index in [4.69, 9.17) is 14.2 Å². The van der Waals surface area contributed by atoms with Crippen LogP contribution in [0.5, 0.6) is 0 Å². The summed E-state index contributed by atoms with van der Waals surface area (Å²) in [5.74, 6) is -0.286. The molecule has 1 amide bonds. The molecule has 0 saturated heterocycles. The average molecular weight is 415 g/mol. The monoisotopic (exact) mass is 415 g/mol. The SMILES string of the molecule is CCOCC(COCc1ccccc1)OCn1cnc2c(=O)[nH]c(NC(C)=O)nc21. The van der Waals surface area contributed by atoms with Crippen molar-refractivity contribution < 1.29 is 19.0 Å². The third-order valence-corrected chi connectivity index (χ3v) is 4.14. The molecule has 1 atom stereocenters. The number of H-pyrrole nitrogens is 1. The molecule has 10 heteroatoms. The normalized spacial score (nSPS) is 12.2. The van der Waals surface area contributed by atoms with Gasteiger partial charge >= 0.3 is 0 Å². The fraction of sp³-hybridized carbons (Fsp3) is 0.400. The maximum atomic E-state index is 12.1. The number of aromatic nitrogens is 4. The lowest BCUT2D eigenvalue weighted by Crippen LogP contribution is -2.27. The van der Waals surface area contributed by atoms with Crippen molar-refractivity contribution in [2.75, 3.05) is 25.1 Å². The zero-order chi connectivity index (χ0) is 21.3. The minimum absolute atomic E-state index is 0.0545. The Morgan fingerprint density at radius 2 is 2.00 bits per heavy atom. The van der Waals surface area contributed by atoms with Crippen LogP contribution in [0.2, 0.25) is 0 Å². The Labute approximate surface area is 173 Å². The quantitative estimate of drug-likeness (QED) is 0.489. The van der Waals surface area contributed by atoms with E-state index in [2.05, 4.69) is 20.3 Å². The number of amides is 1. The molecule has 1 unspecified atom stereocenters. The van der Waals surface area contributed by atoms with Gasteiger partial charge < -0.3 is 14.2 Å². The van der Waals surface area contributed by atoms with Crippen LogP contribution < -0.4 is 10.9 Å². The van der Waals surface area contributed by atoms with Crippen LogP contribution >= 0.6 is 0 Å². The molecule has 3 aromatic rings. The number of benzene rings is 1. The minimum Gasteiger partial charge on any atom is -0.379 e. The molecule has 2 heterocycles. The third kappa shape index (κ3) is 5.96. The summed E-state index contributed by atoms with van der Waals surface area (Å²) in [6.07, 6.45) is 1.15. The van der Waals surface area contributed by atoms with Crippen LogP contribution in [0.4, 0.5) is 5.95 Å². The van der Waals surface area contributed by atoms with Crippen molar-refractivity contribution >= 4 is 23.0 Å². The Bertz CT molecular complexity index is 1020. The second-order valence-electron chi connectivity index (χ2n) is 6.56. The molecule has 0 aliphatic carbocycles. The van der Waals surface area contributed by atoms with E-state index >= 15 is 0 Å². The molecule has 0 radical (unpaired) electrons. The van der Waals surface area contributed by atoms with E-state index in [0.29, 0.717) is 32.1 Å². The predicted molar refractivity (Wildman–Crippen MR) is 110 cm³/mol. The van der Waals surface area contributed by atoms with Crippen LogP contribution in [0.15, 0.2) is 41.5 Å². The zero-order valence-corrected chi connectivity index (χ0v) is 17.0. The first-order valence-electron chi connectivity index (χ1n) is 9.60. The molecule has 0 aliphatic rings. The Hall–Kier alpha value is -3.08. The van der Waals surface area contributed by atoms with Crippen LogP contribution in [-0.2, 0) is 32.3 Å². The lowest BCUT2D eigenvalue weighted by atomic mass is 10.2. The molecule has 2 aromatic heterocycles. The largest absolute Gasteiger partial charge is 0.379 e. The number of ether oxygens (including phenoxy) is 3. The number of hydrogen-bond donors (Lipinski definition) is 2. The topological polar surface area (TPSA) is 120 Å². The van der Waals surface area contributed by atoms with Gasteiger partial charge in [0.05, 0.1) is 26.1 Å². The molecule has 0 saturated carbocycles. The van der Waals surface area contributed by atoms with Crippen molar-refractivity contribution in [1.82, 2.24) is 19.5 Å². The first kappa shape index (κ1) is 21.6. The number of carbonyl (C=O) groups excluding carboxylic acids is 1. The lowest BCUT2D eigenvalue weighted by Gasteiger charge is -2.18. The molecular weight excluding hydrogens is 390 g/mol. The third-order valence-electron chi connectivity index (χ3n) is 4.14. The van der Waals surface area contributed by atoms with E-state index in [9.17, 15) is 9.59 Å². The van der Waals surface area contributed by atoms with Crippen molar-refractivity contribution in [2.45, 2.75) is 33.3 Å². The fourth-order valence-corrected chi connectivity index (χ4v) is 2.74. The fourth-order valence-electron chi connectivity index (χ4n) is 2.74. The summed E-state index contributed by atoms with van der Waals surface area (Å²) < 4.78 is 18.8.